The maximum Gasteiger partial charge on any atom is 0.137 e. The molecule has 2 aromatic heterocycles. The van der Waals surface area contributed by atoms with Crippen molar-refractivity contribution in [1.29, 1.82) is 0 Å². The van der Waals surface area contributed by atoms with Gasteiger partial charge in [-0.15, -0.1) is 0 Å². The highest BCUT2D eigenvalue weighted by atomic mass is 15.3. The molecule has 4 aromatic carbocycles. The van der Waals surface area contributed by atoms with Crippen molar-refractivity contribution in [2.45, 2.75) is 131 Å². The second-order valence-electron chi connectivity index (χ2n) is 21.5. The first-order chi connectivity index (χ1) is 26.4. The van der Waals surface area contributed by atoms with Gasteiger partial charge in [0, 0.05) is 52.1 Å². The first kappa shape index (κ1) is 40.2. The fraction of sp³-hybridized carbons (Fsp3) is 0.404. The number of benzene rings is 4. The summed E-state index contributed by atoms with van der Waals surface area (Å²) in [6.45, 7) is 35.1. The van der Waals surface area contributed by atoms with Gasteiger partial charge in [0.2, 0.25) is 0 Å². The second-order valence-corrected chi connectivity index (χ2v) is 21.5. The van der Waals surface area contributed by atoms with Gasteiger partial charge in [-0.2, -0.15) is 0 Å². The number of hydrogen-bond acceptors (Lipinski definition) is 4. The SMILES string of the molecule is CC(C)(C)c1cc(Nc2ccc3c4ccc(C(C)(C)C)cc4n(-c4cc(C(C)(C)C)ccn4)c3c2)cc(N2C=CN(c3cc(C(C)(C)C)cc(C(C)(C)C)c3)C2)c1. The summed E-state index contributed by atoms with van der Waals surface area (Å²) in [6, 6.07) is 32.2. The Hall–Kier alpha value is -5.03. The van der Waals surface area contributed by atoms with Gasteiger partial charge in [0.1, 0.15) is 5.82 Å². The lowest BCUT2D eigenvalue weighted by Gasteiger charge is -2.29. The first-order valence-electron chi connectivity index (χ1n) is 20.7. The topological polar surface area (TPSA) is 36.3 Å². The molecule has 5 nitrogen and oxygen atoms in total. The Morgan fingerprint density at radius 1 is 0.439 bits per heavy atom. The Bertz CT molecular complexity index is 2460. The van der Waals surface area contributed by atoms with E-state index in [2.05, 4.69) is 221 Å². The van der Waals surface area contributed by atoms with Gasteiger partial charge in [-0.05, 0) is 116 Å². The molecule has 1 aliphatic heterocycles. The molecule has 0 radical (unpaired) electrons. The zero-order valence-electron chi connectivity index (χ0n) is 37.3. The van der Waals surface area contributed by atoms with Gasteiger partial charge < -0.3 is 15.1 Å². The smallest absolute Gasteiger partial charge is 0.137 e. The largest absolute Gasteiger partial charge is 0.355 e. The molecule has 7 rings (SSSR count). The molecule has 3 heterocycles. The van der Waals surface area contributed by atoms with Gasteiger partial charge >= 0.3 is 0 Å². The highest BCUT2D eigenvalue weighted by molar-refractivity contribution is 6.10. The Kier molecular flexibility index (Phi) is 9.74. The molecule has 0 spiro atoms. The minimum Gasteiger partial charge on any atom is -0.355 e. The van der Waals surface area contributed by atoms with Crippen LogP contribution in [-0.2, 0) is 27.1 Å². The van der Waals surface area contributed by atoms with Gasteiger partial charge in [-0.3, -0.25) is 4.57 Å². The molecule has 6 aromatic rings. The summed E-state index contributed by atoms with van der Waals surface area (Å²) in [6.07, 6.45) is 6.41. The number of nitrogens with zero attached hydrogens (tertiary/aromatic N) is 4. The van der Waals surface area contributed by atoms with E-state index < -0.39 is 0 Å². The molecule has 0 atom stereocenters. The maximum absolute atomic E-state index is 4.98. The quantitative estimate of drug-likeness (QED) is 0.190. The minimum absolute atomic E-state index is 0.00288. The molecule has 0 amide bonds. The van der Waals surface area contributed by atoms with Crippen LogP contribution in [0.4, 0.5) is 22.7 Å². The Balaban J connectivity index is 1.29. The third kappa shape index (κ3) is 8.22. The van der Waals surface area contributed by atoms with E-state index in [0.717, 1.165) is 29.4 Å². The van der Waals surface area contributed by atoms with Crippen LogP contribution in [0.1, 0.15) is 132 Å². The number of anilines is 4. The standard InChI is InChI=1S/C52H65N5/c1-48(2,3)34-16-18-43-44-19-17-39(32-46(44)57(45(43)29-34)47-30-35(20-21-53-47)49(4,5)6)54-40-25-38(52(13,14)15)28-42(31-40)56-23-22-55(33-56)41-26-36(50(7,8)9)24-37(27-41)51(10,11)12/h16-32,54H,33H2,1-15H3. The minimum atomic E-state index is -0.0386. The van der Waals surface area contributed by atoms with Crippen LogP contribution in [0.2, 0.25) is 0 Å². The summed E-state index contributed by atoms with van der Waals surface area (Å²) in [5.41, 5.74) is 13.5. The summed E-state index contributed by atoms with van der Waals surface area (Å²) >= 11 is 0. The maximum atomic E-state index is 4.98. The molecule has 298 valence electrons. The molecule has 1 aliphatic rings. The van der Waals surface area contributed by atoms with E-state index in [1.165, 1.54) is 55.5 Å². The number of fused-ring (bicyclic) bond motifs is 3. The average Bonchev–Trinajstić information content (AvgIpc) is 3.73. The predicted molar refractivity (Wildman–Crippen MR) is 247 cm³/mol. The average molecular weight is 760 g/mol. The van der Waals surface area contributed by atoms with E-state index in [4.69, 9.17) is 4.98 Å². The van der Waals surface area contributed by atoms with Crippen molar-refractivity contribution in [1.82, 2.24) is 9.55 Å². The zero-order chi connectivity index (χ0) is 41.5. The molecule has 0 aliphatic carbocycles. The number of nitrogens with one attached hydrogen (secondary N) is 1. The Morgan fingerprint density at radius 3 is 1.46 bits per heavy atom. The molecule has 57 heavy (non-hydrogen) atoms. The van der Waals surface area contributed by atoms with Crippen molar-refractivity contribution in [3.05, 3.63) is 131 Å². The highest BCUT2D eigenvalue weighted by Crippen LogP contribution is 2.40. The van der Waals surface area contributed by atoms with Crippen LogP contribution in [0.25, 0.3) is 27.6 Å². The van der Waals surface area contributed by atoms with Gasteiger partial charge in [-0.25, -0.2) is 4.98 Å². The van der Waals surface area contributed by atoms with Crippen LogP contribution in [-0.4, -0.2) is 16.2 Å². The van der Waals surface area contributed by atoms with Crippen LogP contribution < -0.4 is 15.1 Å². The lowest BCUT2D eigenvalue weighted by molar-refractivity contribution is 0.568. The summed E-state index contributed by atoms with van der Waals surface area (Å²) in [5, 5.41) is 6.31. The van der Waals surface area contributed by atoms with Crippen molar-refractivity contribution in [3.63, 3.8) is 0 Å². The fourth-order valence-corrected chi connectivity index (χ4v) is 7.66. The van der Waals surface area contributed by atoms with Crippen LogP contribution in [0, 0.1) is 0 Å². The van der Waals surface area contributed by atoms with Crippen molar-refractivity contribution < 1.29 is 0 Å². The molecule has 0 saturated heterocycles. The molecule has 0 fully saturated rings. The third-order valence-corrected chi connectivity index (χ3v) is 11.6. The van der Waals surface area contributed by atoms with Crippen LogP contribution in [0.5, 0.6) is 0 Å². The lowest BCUT2D eigenvalue weighted by Crippen LogP contribution is -2.26. The number of aromatic nitrogens is 2. The number of rotatable bonds is 5. The third-order valence-electron chi connectivity index (χ3n) is 11.6. The molecule has 1 N–H and O–H groups in total. The Labute approximate surface area is 342 Å². The number of hydrogen-bond donors (Lipinski definition) is 1. The zero-order valence-corrected chi connectivity index (χ0v) is 37.3. The van der Waals surface area contributed by atoms with E-state index >= 15 is 0 Å². The lowest BCUT2D eigenvalue weighted by atomic mass is 9.80. The summed E-state index contributed by atoms with van der Waals surface area (Å²) in [4.78, 5) is 9.72. The van der Waals surface area contributed by atoms with Crippen molar-refractivity contribution >= 4 is 44.6 Å². The predicted octanol–water partition coefficient (Wildman–Crippen LogP) is 14.2. The molecular formula is C52H65N5. The number of pyridine rings is 1. The van der Waals surface area contributed by atoms with Gasteiger partial charge in [0.05, 0.1) is 17.7 Å². The second kappa shape index (κ2) is 13.8. The molecule has 0 saturated carbocycles. The van der Waals surface area contributed by atoms with Crippen LogP contribution in [0.15, 0.2) is 104 Å². The fourth-order valence-electron chi connectivity index (χ4n) is 7.66. The van der Waals surface area contributed by atoms with Crippen molar-refractivity contribution in [2.24, 2.45) is 0 Å². The molecule has 5 heteroatoms. The van der Waals surface area contributed by atoms with E-state index in [1.807, 2.05) is 6.20 Å². The van der Waals surface area contributed by atoms with Gasteiger partial charge in [0.15, 0.2) is 0 Å². The molecular weight excluding hydrogens is 695 g/mol. The first-order valence-corrected chi connectivity index (χ1v) is 20.7. The highest BCUT2D eigenvalue weighted by Gasteiger charge is 2.26. The van der Waals surface area contributed by atoms with E-state index in [1.54, 1.807) is 0 Å². The monoisotopic (exact) mass is 760 g/mol. The van der Waals surface area contributed by atoms with Crippen LogP contribution >= 0.6 is 0 Å². The summed E-state index contributed by atoms with van der Waals surface area (Å²) < 4.78 is 2.36. The van der Waals surface area contributed by atoms with Crippen molar-refractivity contribution in [2.75, 3.05) is 21.8 Å². The summed E-state index contributed by atoms with van der Waals surface area (Å²) in [5.74, 6) is 0.940. The van der Waals surface area contributed by atoms with Crippen molar-refractivity contribution in [3.8, 4) is 5.82 Å². The summed E-state index contributed by atoms with van der Waals surface area (Å²) in [7, 11) is 0. The van der Waals surface area contributed by atoms with Crippen LogP contribution in [0.3, 0.4) is 0 Å². The Morgan fingerprint density at radius 2 is 0.912 bits per heavy atom. The molecule has 0 bridgehead atoms. The van der Waals surface area contributed by atoms with Gasteiger partial charge in [0.25, 0.3) is 0 Å². The van der Waals surface area contributed by atoms with Gasteiger partial charge in [-0.1, -0.05) is 128 Å². The molecule has 0 unspecified atom stereocenters. The van der Waals surface area contributed by atoms with E-state index in [0.29, 0.717) is 0 Å². The van der Waals surface area contributed by atoms with E-state index in [9.17, 15) is 0 Å². The van der Waals surface area contributed by atoms with E-state index in [-0.39, 0.29) is 27.1 Å². The normalized spacial score (nSPS) is 14.4.